The van der Waals surface area contributed by atoms with Crippen molar-refractivity contribution < 1.29 is 63.1 Å². The molecule has 310 valence electrons. The van der Waals surface area contributed by atoms with Crippen LogP contribution in [0, 0.1) is 0 Å². The number of rotatable bonds is 32. The van der Waals surface area contributed by atoms with E-state index in [0.717, 1.165) is 44.6 Å². The second kappa shape index (κ2) is 30.5. The smallest absolute Gasteiger partial charge is 0.462 e. The van der Waals surface area contributed by atoms with E-state index >= 15 is 0 Å². The first-order valence-corrected chi connectivity index (χ1v) is 21.7. The van der Waals surface area contributed by atoms with Crippen LogP contribution in [0.5, 0.6) is 0 Å². The van der Waals surface area contributed by atoms with Gasteiger partial charge in [0.05, 0.1) is 6.61 Å². The number of ether oxygens (including phenoxy) is 2. The number of hydrogen-bond donors (Lipinski definition) is 6. The molecule has 1 aliphatic rings. The molecule has 1 fully saturated rings. The highest BCUT2D eigenvalue weighted by Gasteiger charge is 2.51. The minimum absolute atomic E-state index is 0.150. The first-order chi connectivity index (χ1) is 25.4. The molecule has 0 bridgehead atoms. The van der Waals surface area contributed by atoms with E-state index in [4.69, 9.17) is 18.5 Å². The standard InChI is InChI=1S/C39H71O13P/c1-3-5-7-9-11-13-14-15-16-17-18-20-22-24-26-28-33(41)51-31(29-49-32(40)27-25-23-21-19-12-10-8-6-4-2)30-50-53(47,48)52-39-37(45)35(43)34(42)36(44)38(39)46/h22,24,26,28,31,34-39,42-46H,3-21,23,25,27,29-30H2,1-2H3,(H,47,48)/b24-22+,28-26+/t31-,34?,35+,36?,37?,38?,39?/m1/s1. The summed E-state index contributed by atoms with van der Waals surface area (Å²) in [5.74, 6) is -1.35. The Morgan fingerprint density at radius 2 is 1.08 bits per heavy atom. The van der Waals surface area contributed by atoms with Crippen molar-refractivity contribution in [1.29, 1.82) is 0 Å². The summed E-state index contributed by atoms with van der Waals surface area (Å²) >= 11 is 0. The van der Waals surface area contributed by atoms with Crippen molar-refractivity contribution in [3.8, 4) is 0 Å². The molecule has 53 heavy (non-hydrogen) atoms. The number of allylic oxidation sites excluding steroid dienone is 3. The van der Waals surface area contributed by atoms with Gasteiger partial charge in [0.1, 0.15) is 43.2 Å². The molecule has 1 aliphatic carbocycles. The molecule has 14 heteroatoms. The summed E-state index contributed by atoms with van der Waals surface area (Å²) in [5, 5.41) is 49.9. The molecule has 0 saturated heterocycles. The van der Waals surface area contributed by atoms with Gasteiger partial charge in [0, 0.05) is 12.5 Å². The molecule has 0 amide bonds. The van der Waals surface area contributed by atoms with Gasteiger partial charge in [-0.1, -0.05) is 148 Å². The quantitative estimate of drug-likeness (QED) is 0.0142. The Balaban J connectivity index is 2.58. The zero-order valence-corrected chi connectivity index (χ0v) is 33.2. The van der Waals surface area contributed by atoms with Gasteiger partial charge in [-0.25, -0.2) is 9.36 Å². The predicted molar refractivity (Wildman–Crippen MR) is 203 cm³/mol. The van der Waals surface area contributed by atoms with E-state index < -0.39 is 75.7 Å². The van der Waals surface area contributed by atoms with Crippen LogP contribution in [0.4, 0.5) is 0 Å². The third kappa shape index (κ3) is 23.8. The number of carbonyl (C=O) groups is 2. The lowest BCUT2D eigenvalue weighted by Gasteiger charge is -2.41. The Bertz CT molecular complexity index is 1040. The number of unbranched alkanes of at least 4 members (excludes halogenated alkanes) is 19. The third-order valence-electron chi connectivity index (χ3n) is 9.40. The Morgan fingerprint density at radius 1 is 0.623 bits per heavy atom. The van der Waals surface area contributed by atoms with Crippen LogP contribution in [0.2, 0.25) is 0 Å². The fraction of sp³-hybridized carbons (Fsp3) is 0.846. The highest BCUT2D eigenvalue weighted by atomic mass is 31.2. The van der Waals surface area contributed by atoms with E-state index in [0.29, 0.717) is 6.42 Å². The molecule has 13 nitrogen and oxygen atoms in total. The molecular weight excluding hydrogens is 707 g/mol. The van der Waals surface area contributed by atoms with E-state index in [-0.39, 0.29) is 6.42 Å². The van der Waals surface area contributed by atoms with Crippen molar-refractivity contribution >= 4 is 19.8 Å². The highest BCUT2D eigenvalue weighted by Crippen LogP contribution is 2.47. The van der Waals surface area contributed by atoms with Gasteiger partial charge in [0.25, 0.3) is 0 Å². The van der Waals surface area contributed by atoms with Crippen LogP contribution < -0.4 is 0 Å². The molecular formula is C39H71O13P. The number of carbonyl (C=O) groups excluding carboxylic acids is 2. The van der Waals surface area contributed by atoms with Crippen LogP contribution in [0.25, 0.3) is 0 Å². The number of hydrogen-bond acceptors (Lipinski definition) is 12. The van der Waals surface area contributed by atoms with Crippen molar-refractivity contribution in [3.63, 3.8) is 0 Å². The largest absolute Gasteiger partial charge is 0.472 e. The number of phosphoric ester groups is 1. The van der Waals surface area contributed by atoms with Crippen molar-refractivity contribution in [2.75, 3.05) is 13.2 Å². The summed E-state index contributed by atoms with van der Waals surface area (Å²) in [5.41, 5.74) is 0. The van der Waals surface area contributed by atoms with Crippen molar-refractivity contribution in [2.24, 2.45) is 0 Å². The molecule has 1 saturated carbocycles. The van der Waals surface area contributed by atoms with Crippen molar-refractivity contribution in [1.82, 2.24) is 0 Å². The average Bonchev–Trinajstić information content (AvgIpc) is 3.13. The highest BCUT2D eigenvalue weighted by molar-refractivity contribution is 7.47. The fourth-order valence-electron chi connectivity index (χ4n) is 6.08. The van der Waals surface area contributed by atoms with Crippen LogP contribution in [0.3, 0.4) is 0 Å². The number of esters is 2. The molecule has 0 aromatic heterocycles. The maximum atomic E-state index is 12.7. The minimum Gasteiger partial charge on any atom is -0.462 e. The predicted octanol–water partition coefficient (Wildman–Crippen LogP) is 6.50. The van der Waals surface area contributed by atoms with Gasteiger partial charge < -0.3 is 39.9 Å². The van der Waals surface area contributed by atoms with Crippen LogP contribution in [-0.2, 0) is 32.7 Å². The van der Waals surface area contributed by atoms with E-state index in [1.54, 1.807) is 6.08 Å². The monoisotopic (exact) mass is 778 g/mol. The third-order valence-corrected chi connectivity index (χ3v) is 10.4. The number of aliphatic hydroxyl groups excluding tert-OH is 5. The maximum absolute atomic E-state index is 12.7. The van der Waals surface area contributed by atoms with Crippen LogP contribution >= 0.6 is 7.82 Å². The number of aliphatic hydroxyl groups is 5. The summed E-state index contributed by atoms with van der Waals surface area (Å²) in [6.45, 7) is 3.15. The fourth-order valence-corrected chi connectivity index (χ4v) is 7.05. The zero-order valence-electron chi connectivity index (χ0n) is 32.3. The van der Waals surface area contributed by atoms with Crippen molar-refractivity contribution in [2.45, 2.75) is 198 Å². The Morgan fingerprint density at radius 3 is 1.58 bits per heavy atom. The lowest BCUT2D eigenvalue weighted by Crippen LogP contribution is -2.64. The lowest BCUT2D eigenvalue weighted by molar-refractivity contribution is -0.220. The zero-order chi connectivity index (χ0) is 39.3. The van der Waals surface area contributed by atoms with Gasteiger partial charge >= 0.3 is 19.8 Å². The Kier molecular flexibility index (Phi) is 28.4. The van der Waals surface area contributed by atoms with E-state index in [1.807, 2.05) is 6.08 Å². The maximum Gasteiger partial charge on any atom is 0.472 e. The summed E-state index contributed by atoms with van der Waals surface area (Å²) in [6, 6.07) is 0. The van der Waals surface area contributed by atoms with E-state index in [2.05, 4.69) is 13.8 Å². The molecule has 6 N–H and O–H groups in total. The molecule has 0 aliphatic heterocycles. The SMILES string of the molecule is CCCCCCCCCCCCC/C=C/C=C/C(=O)O[C@H](COC(=O)CCCCCCCCCCC)COP(=O)(O)OC1C(O)C(O)C(O)[C@H](O)C1O. The molecule has 0 aromatic rings. The van der Waals surface area contributed by atoms with Gasteiger partial charge in [0.15, 0.2) is 6.10 Å². The summed E-state index contributed by atoms with van der Waals surface area (Å²) in [4.78, 5) is 35.3. The van der Waals surface area contributed by atoms with E-state index in [9.17, 15) is 44.6 Å². The molecule has 1 rings (SSSR count). The Hall–Kier alpha value is -1.67. The van der Waals surface area contributed by atoms with Crippen LogP contribution in [0.15, 0.2) is 24.3 Å². The summed E-state index contributed by atoms with van der Waals surface area (Å²) < 4.78 is 33.1. The summed E-state index contributed by atoms with van der Waals surface area (Å²) in [6.07, 6.45) is 17.5. The second-order valence-corrected chi connectivity index (χ2v) is 15.6. The van der Waals surface area contributed by atoms with E-state index in [1.165, 1.54) is 96.0 Å². The van der Waals surface area contributed by atoms with Gasteiger partial charge in [-0.15, -0.1) is 0 Å². The first-order valence-electron chi connectivity index (χ1n) is 20.2. The van der Waals surface area contributed by atoms with Gasteiger partial charge in [0.2, 0.25) is 0 Å². The average molecular weight is 779 g/mol. The minimum atomic E-state index is -5.13. The topological polar surface area (TPSA) is 210 Å². The number of phosphoric acid groups is 1. The molecule has 6 unspecified atom stereocenters. The van der Waals surface area contributed by atoms with Gasteiger partial charge in [-0.05, 0) is 19.3 Å². The molecule has 8 atom stereocenters. The Labute approximate surface area is 317 Å². The molecule has 0 aromatic carbocycles. The van der Waals surface area contributed by atoms with Gasteiger partial charge in [-0.2, -0.15) is 0 Å². The van der Waals surface area contributed by atoms with Crippen molar-refractivity contribution in [3.05, 3.63) is 24.3 Å². The molecule has 0 radical (unpaired) electrons. The summed E-state index contributed by atoms with van der Waals surface area (Å²) in [7, 11) is -5.13. The molecule has 0 spiro atoms. The second-order valence-electron chi connectivity index (χ2n) is 14.2. The molecule has 0 heterocycles. The van der Waals surface area contributed by atoms with Crippen LogP contribution in [0.1, 0.15) is 155 Å². The first kappa shape index (κ1) is 49.3. The lowest BCUT2D eigenvalue weighted by atomic mass is 9.85. The van der Waals surface area contributed by atoms with Gasteiger partial charge in [-0.3, -0.25) is 13.8 Å². The van der Waals surface area contributed by atoms with Crippen LogP contribution in [-0.4, -0.2) is 98.3 Å². The normalized spacial score (nSPS) is 23.7.